The molecule has 2 aromatic rings. The summed E-state index contributed by atoms with van der Waals surface area (Å²) in [4.78, 5) is 12.7. The summed E-state index contributed by atoms with van der Waals surface area (Å²) in [6.45, 7) is 3.48. The van der Waals surface area contributed by atoms with Crippen LogP contribution in [0.5, 0.6) is 0 Å². The number of anilines is 1. The van der Waals surface area contributed by atoms with Gasteiger partial charge in [0.15, 0.2) is 9.84 Å². The number of carbonyl (C=O) groups excluding carboxylic acids is 1. The van der Waals surface area contributed by atoms with E-state index in [4.69, 9.17) is 0 Å². The zero-order valence-corrected chi connectivity index (χ0v) is 15.6. The lowest BCUT2D eigenvalue weighted by atomic mass is 9.97. The van der Waals surface area contributed by atoms with Gasteiger partial charge in [-0.1, -0.05) is 54.6 Å². The van der Waals surface area contributed by atoms with Gasteiger partial charge in [-0.25, -0.2) is 8.42 Å². The number of hydrogen-bond acceptors (Lipinski definition) is 3. The van der Waals surface area contributed by atoms with Crippen LogP contribution in [0.15, 0.2) is 83.3 Å². The van der Waals surface area contributed by atoms with Crippen LogP contribution < -0.4 is 5.32 Å². The molecule has 0 saturated heterocycles. The Morgan fingerprint density at radius 3 is 2.31 bits per heavy atom. The van der Waals surface area contributed by atoms with E-state index in [1.807, 2.05) is 24.3 Å². The number of para-hydroxylation sites is 1. The first kappa shape index (κ1) is 18.1. The van der Waals surface area contributed by atoms with Crippen molar-refractivity contribution >= 4 is 21.4 Å². The van der Waals surface area contributed by atoms with Crippen LogP contribution in [-0.2, 0) is 14.6 Å². The molecule has 0 radical (unpaired) electrons. The molecule has 1 unspecified atom stereocenters. The Labute approximate surface area is 154 Å². The quantitative estimate of drug-likeness (QED) is 0.887. The summed E-state index contributed by atoms with van der Waals surface area (Å²) < 4.78 is 25.2. The normalized spacial score (nSPS) is 19.7. The number of sulfone groups is 1. The summed E-state index contributed by atoms with van der Waals surface area (Å²) in [7, 11) is -3.56. The van der Waals surface area contributed by atoms with Crippen molar-refractivity contribution in [1.82, 2.24) is 0 Å². The SMILES string of the molecule is Cc1ccccc1S(=O)(=O)C1(C)C=CC(C(=O)Nc2ccccc2)=CC1. The molecule has 0 fully saturated rings. The molecule has 1 aliphatic rings. The Kier molecular flexibility index (Phi) is 4.83. The molecule has 0 aromatic heterocycles. The molecule has 1 aliphatic carbocycles. The second kappa shape index (κ2) is 6.92. The zero-order chi connectivity index (χ0) is 18.8. The molecule has 26 heavy (non-hydrogen) atoms. The fourth-order valence-corrected chi connectivity index (χ4v) is 4.72. The van der Waals surface area contributed by atoms with Crippen LogP contribution in [0.3, 0.4) is 0 Å². The minimum atomic E-state index is -3.56. The molecule has 4 nitrogen and oxygen atoms in total. The monoisotopic (exact) mass is 367 g/mol. The van der Waals surface area contributed by atoms with E-state index in [1.54, 1.807) is 62.4 Å². The minimum absolute atomic E-state index is 0.247. The van der Waals surface area contributed by atoms with Crippen molar-refractivity contribution in [1.29, 1.82) is 0 Å². The van der Waals surface area contributed by atoms with Crippen LogP contribution in [0.2, 0.25) is 0 Å². The third-order valence-corrected chi connectivity index (χ3v) is 7.20. The average Bonchev–Trinajstić information content (AvgIpc) is 2.63. The van der Waals surface area contributed by atoms with Gasteiger partial charge in [0.05, 0.1) is 9.64 Å². The van der Waals surface area contributed by atoms with E-state index in [-0.39, 0.29) is 12.3 Å². The molecule has 1 amide bonds. The Morgan fingerprint density at radius 2 is 1.69 bits per heavy atom. The van der Waals surface area contributed by atoms with Crippen LogP contribution in [0.4, 0.5) is 5.69 Å². The van der Waals surface area contributed by atoms with Crippen LogP contribution in [0.1, 0.15) is 18.9 Å². The number of nitrogens with one attached hydrogen (secondary N) is 1. The Bertz CT molecular complexity index is 991. The lowest BCUT2D eigenvalue weighted by Crippen LogP contribution is -2.35. The van der Waals surface area contributed by atoms with Gasteiger partial charge in [-0.05, 0) is 44.0 Å². The summed E-state index contributed by atoms with van der Waals surface area (Å²) >= 11 is 0. The molecule has 5 heteroatoms. The van der Waals surface area contributed by atoms with Gasteiger partial charge < -0.3 is 5.32 Å². The molecule has 0 aliphatic heterocycles. The van der Waals surface area contributed by atoms with Crippen LogP contribution >= 0.6 is 0 Å². The van der Waals surface area contributed by atoms with Gasteiger partial charge in [0.2, 0.25) is 0 Å². The molecule has 2 aromatic carbocycles. The molecule has 0 heterocycles. The average molecular weight is 367 g/mol. The van der Waals surface area contributed by atoms with E-state index in [0.717, 1.165) is 5.56 Å². The predicted octanol–water partition coefficient (Wildman–Crippen LogP) is 4.05. The molecule has 1 N–H and O–H groups in total. The van der Waals surface area contributed by atoms with Gasteiger partial charge in [-0.2, -0.15) is 0 Å². The highest BCUT2D eigenvalue weighted by molar-refractivity contribution is 7.93. The molecule has 134 valence electrons. The van der Waals surface area contributed by atoms with Crippen LogP contribution in [-0.4, -0.2) is 19.1 Å². The van der Waals surface area contributed by atoms with Gasteiger partial charge in [0.25, 0.3) is 5.91 Å². The maximum atomic E-state index is 13.1. The lowest BCUT2D eigenvalue weighted by Gasteiger charge is -2.28. The van der Waals surface area contributed by atoms with Crippen molar-refractivity contribution in [2.45, 2.75) is 29.9 Å². The lowest BCUT2D eigenvalue weighted by molar-refractivity contribution is -0.112. The van der Waals surface area contributed by atoms with Crippen molar-refractivity contribution in [3.8, 4) is 0 Å². The Morgan fingerprint density at radius 1 is 1.04 bits per heavy atom. The molecular weight excluding hydrogens is 346 g/mol. The summed E-state index contributed by atoms with van der Waals surface area (Å²) in [6, 6.07) is 16.1. The summed E-state index contributed by atoms with van der Waals surface area (Å²) in [5.74, 6) is -0.247. The second-order valence-corrected chi connectivity index (χ2v) is 8.98. The van der Waals surface area contributed by atoms with Crippen LogP contribution in [0, 0.1) is 6.92 Å². The second-order valence-electron chi connectivity index (χ2n) is 6.60. The highest BCUT2D eigenvalue weighted by atomic mass is 32.2. The summed E-state index contributed by atoms with van der Waals surface area (Å²) in [5, 5.41) is 2.81. The molecule has 0 saturated carbocycles. The van der Waals surface area contributed by atoms with Gasteiger partial charge in [0, 0.05) is 11.3 Å². The molecule has 3 rings (SSSR count). The topological polar surface area (TPSA) is 63.2 Å². The van der Waals surface area contributed by atoms with Crippen molar-refractivity contribution < 1.29 is 13.2 Å². The van der Waals surface area contributed by atoms with Crippen LogP contribution in [0.25, 0.3) is 0 Å². The first-order valence-electron chi connectivity index (χ1n) is 8.39. The van der Waals surface area contributed by atoms with Crippen molar-refractivity contribution in [2.24, 2.45) is 0 Å². The van der Waals surface area contributed by atoms with Gasteiger partial charge in [-0.15, -0.1) is 0 Å². The van der Waals surface area contributed by atoms with Crippen molar-refractivity contribution in [3.63, 3.8) is 0 Å². The number of allylic oxidation sites excluding steroid dienone is 1. The largest absolute Gasteiger partial charge is 0.322 e. The smallest absolute Gasteiger partial charge is 0.255 e. The summed E-state index contributed by atoms with van der Waals surface area (Å²) in [5.41, 5.74) is 1.89. The molecule has 0 spiro atoms. The predicted molar refractivity (Wildman–Crippen MR) is 104 cm³/mol. The standard InChI is InChI=1S/C21H21NO3S/c1-16-8-6-7-11-19(16)26(24,25)21(2)14-12-17(13-15-21)20(23)22-18-9-4-3-5-10-18/h3-14H,15H2,1-2H3,(H,22,23). The van der Waals surface area contributed by atoms with Gasteiger partial charge in [-0.3, -0.25) is 4.79 Å². The maximum absolute atomic E-state index is 13.1. The molecule has 0 bridgehead atoms. The van der Waals surface area contributed by atoms with Crippen molar-refractivity contribution in [2.75, 3.05) is 5.32 Å². The highest BCUT2D eigenvalue weighted by Gasteiger charge is 2.39. The van der Waals surface area contributed by atoms with E-state index < -0.39 is 14.6 Å². The minimum Gasteiger partial charge on any atom is -0.322 e. The maximum Gasteiger partial charge on any atom is 0.255 e. The first-order valence-corrected chi connectivity index (χ1v) is 9.88. The van der Waals surface area contributed by atoms with E-state index in [0.29, 0.717) is 16.2 Å². The third kappa shape index (κ3) is 3.35. The van der Waals surface area contributed by atoms with Crippen molar-refractivity contribution in [3.05, 3.63) is 84.0 Å². The number of carbonyl (C=O) groups is 1. The number of rotatable bonds is 4. The summed E-state index contributed by atoms with van der Waals surface area (Å²) in [6.07, 6.45) is 5.15. The van der Waals surface area contributed by atoms with Gasteiger partial charge >= 0.3 is 0 Å². The zero-order valence-electron chi connectivity index (χ0n) is 14.8. The fraction of sp³-hybridized carbons (Fsp3) is 0.190. The first-order chi connectivity index (χ1) is 12.3. The third-order valence-electron chi connectivity index (χ3n) is 4.63. The van der Waals surface area contributed by atoms with Gasteiger partial charge in [0.1, 0.15) is 0 Å². The number of aryl methyl sites for hydroxylation is 1. The highest BCUT2D eigenvalue weighted by Crippen LogP contribution is 2.35. The Balaban J connectivity index is 1.81. The molecular formula is C21H21NO3S. The van der Waals surface area contributed by atoms with E-state index in [1.165, 1.54) is 0 Å². The number of amides is 1. The van der Waals surface area contributed by atoms with E-state index in [2.05, 4.69) is 5.32 Å². The number of benzene rings is 2. The van der Waals surface area contributed by atoms with E-state index in [9.17, 15) is 13.2 Å². The molecule has 1 atom stereocenters. The number of hydrogen-bond donors (Lipinski definition) is 1. The Hall–Kier alpha value is -2.66. The fourth-order valence-electron chi connectivity index (χ4n) is 2.92. The van der Waals surface area contributed by atoms with E-state index >= 15 is 0 Å².